The predicted molar refractivity (Wildman–Crippen MR) is 55.5 cm³/mol. The number of esters is 1. The van der Waals surface area contributed by atoms with Gasteiger partial charge in [-0.25, -0.2) is 0 Å². The Bertz CT molecular complexity index is 387. The molecule has 82 valence electrons. The summed E-state index contributed by atoms with van der Waals surface area (Å²) in [6, 6.07) is 3.36. The van der Waals surface area contributed by atoms with Crippen LogP contribution in [0, 0.1) is 3.57 Å². The minimum Gasteiger partial charge on any atom is -0.426 e. The lowest BCUT2D eigenvalue weighted by molar-refractivity contribution is -0.141. The second-order valence-corrected chi connectivity index (χ2v) is 3.98. The van der Waals surface area contributed by atoms with E-state index in [4.69, 9.17) is 0 Å². The zero-order chi connectivity index (χ0) is 11.6. The number of rotatable bonds is 1. The average molecular weight is 330 g/mol. The summed E-state index contributed by atoms with van der Waals surface area (Å²) >= 11 is 1.84. The molecule has 1 aromatic rings. The highest BCUT2D eigenvalue weighted by Crippen LogP contribution is 2.36. The van der Waals surface area contributed by atoms with Gasteiger partial charge < -0.3 is 4.74 Å². The van der Waals surface area contributed by atoms with Crippen molar-refractivity contribution in [3.63, 3.8) is 0 Å². The van der Waals surface area contributed by atoms with Crippen molar-refractivity contribution in [2.75, 3.05) is 0 Å². The average Bonchev–Trinajstić information content (AvgIpc) is 1.99. The van der Waals surface area contributed by atoms with Crippen molar-refractivity contribution >= 4 is 28.6 Å². The molecule has 0 heterocycles. The molecule has 0 aliphatic rings. The van der Waals surface area contributed by atoms with Crippen molar-refractivity contribution in [2.45, 2.75) is 13.1 Å². The van der Waals surface area contributed by atoms with Crippen LogP contribution in [0.15, 0.2) is 18.2 Å². The Kier molecular flexibility index (Phi) is 3.58. The minimum atomic E-state index is -4.52. The van der Waals surface area contributed by atoms with E-state index in [1.165, 1.54) is 12.1 Å². The highest BCUT2D eigenvalue weighted by Gasteiger charge is 2.34. The maximum atomic E-state index is 12.4. The molecule has 0 saturated heterocycles. The smallest absolute Gasteiger partial charge is 0.419 e. The Labute approximate surface area is 97.6 Å². The van der Waals surface area contributed by atoms with E-state index in [0.29, 0.717) is 3.57 Å². The quantitative estimate of drug-likeness (QED) is 0.449. The first kappa shape index (κ1) is 12.3. The molecule has 0 spiro atoms. The molecule has 0 aliphatic carbocycles. The molecule has 0 aliphatic heterocycles. The van der Waals surface area contributed by atoms with Crippen LogP contribution in [0.5, 0.6) is 5.75 Å². The SMILES string of the molecule is CC(=O)Oc1cc(I)ccc1C(F)(F)F. The van der Waals surface area contributed by atoms with Crippen molar-refractivity contribution in [3.05, 3.63) is 27.3 Å². The molecule has 0 N–H and O–H groups in total. The first-order valence-electron chi connectivity index (χ1n) is 3.86. The first-order valence-corrected chi connectivity index (χ1v) is 4.94. The minimum absolute atomic E-state index is 0.457. The fraction of sp³-hybridized carbons (Fsp3) is 0.222. The molecule has 0 unspecified atom stereocenters. The second-order valence-electron chi connectivity index (χ2n) is 2.73. The molecule has 0 saturated carbocycles. The van der Waals surface area contributed by atoms with Gasteiger partial charge in [0, 0.05) is 10.5 Å². The molecule has 0 atom stereocenters. The fourth-order valence-corrected chi connectivity index (χ4v) is 1.43. The molecule has 0 amide bonds. The van der Waals surface area contributed by atoms with Gasteiger partial charge in [0.2, 0.25) is 0 Å². The molecule has 6 heteroatoms. The van der Waals surface area contributed by atoms with Gasteiger partial charge in [-0.2, -0.15) is 13.2 Å². The van der Waals surface area contributed by atoms with Gasteiger partial charge in [-0.3, -0.25) is 4.79 Å². The monoisotopic (exact) mass is 330 g/mol. The van der Waals surface area contributed by atoms with E-state index in [-0.39, 0.29) is 0 Å². The van der Waals surface area contributed by atoms with Crippen LogP contribution in [0.3, 0.4) is 0 Å². The van der Waals surface area contributed by atoms with Gasteiger partial charge in [-0.15, -0.1) is 0 Å². The highest BCUT2D eigenvalue weighted by atomic mass is 127. The Morgan fingerprint density at radius 3 is 2.47 bits per heavy atom. The topological polar surface area (TPSA) is 26.3 Å². The summed E-state index contributed by atoms with van der Waals surface area (Å²) in [5.41, 5.74) is -0.946. The molecule has 0 bridgehead atoms. The van der Waals surface area contributed by atoms with Gasteiger partial charge >= 0.3 is 12.1 Å². The first-order chi connectivity index (χ1) is 6.80. The van der Waals surface area contributed by atoms with Crippen molar-refractivity contribution in [3.8, 4) is 5.75 Å². The summed E-state index contributed by atoms with van der Waals surface area (Å²) in [6.45, 7) is 1.06. The van der Waals surface area contributed by atoms with Crippen LogP contribution in [-0.4, -0.2) is 5.97 Å². The van der Waals surface area contributed by atoms with E-state index < -0.39 is 23.5 Å². The van der Waals surface area contributed by atoms with Gasteiger partial charge in [0.15, 0.2) is 0 Å². The van der Waals surface area contributed by atoms with Gasteiger partial charge in [0.25, 0.3) is 0 Å². The van der Waals surface area contributed by atoms with Crippen molar-refractivity contribution in [1.82, 2.24) is 0 Å². The summed E-state index contributed by atoms with van der Waals surface area (Å²) in [6.07, 6.45) is -4.52. The van der Waals surface area contributed by atoms with Crippen molar-refractivity contribution in [2.24, 2.45) is 0 Å². The normalized spacial score (nSPS) is 11.3. The zero-order valence-electron chi connectivity index (χ0n) is 7.56. The molecular formula is C9H6F3IO2. The Morgan fingerprint density at radius 2 is 2.00 bits per heavy atom. The summed E-state index contributed by atoms with van der Waals surface area (Å²) in [7, 11) is 0. The van der Waals surface area contributed by atoms with Crippen LogP contribution in [-0.2, 0) is 11.0 Å². The van der Waals surface area contributed by atoms with Crippen LogP contribution in [0.2, 0.25) is 0 Å². The highest BCUT2D eigenvalue weighted by molar-refractivity contribution is 14.1. The summed E-state index contributed by atoms with van der Waals surface area (Å²) in [5.74, 6) is -1.23. The number of alkyl halides is 3. The predicted octanol–water partition coefficient (Wildman–Crippen LogP) is 3.24. The van der Waals surface area contributed by atoms with E-state index in [2.05, 4.69) is 4.74 Å². The number of halogens is 4. The molecule has 1 rings (SSSR count). The van der Waals surface area contributed by atoms with Crippen LogP contribution in [0.4, 0.5) is 13.2 Å². The van der Waals surface area contributed by atoms with Crippen LogP contribution >= 0.6 is 22.6 Å². The molecule has 0 aromatic heterocycles. The van der Waals surface area contributed by atoms with E-state index in [1.54, 1.807) is 0 Å². The number of carbonyl (C=O) groups is 1. The fourth-order valence-electron chi connectivity index (χ4n) is 0.970. The van der Waals surface area contributed by atoms with Crippen molar-refractivity contribution < 1.29 is 22.7 Å². The number of hydrogen-bond donors (Lipinski definition) is 0. The third-order valence-electron chi connectivity index (χ3n) is 1.50. The van der Waals surface area contributed by atoms with E-state index in [9.17, 15) is 18.0 Å². The maximum absolute atomic E-state index is 12.4. The summed E-state index contributed by atoms with van der Waals surface area (Å²) in [4.78, 5) is 10.6. The van der Waals surface area contributed by atoms with Crippen LogP contribution in [0.25, 0.3) is 0 Å². The Morgan fingerprint density at radius 1 is 1.40 bits per heavy atom. The molecule has 1 aromatic carbocycles. The van der Waals surface area contributed by atoms with Crippen LogP contribution in [0.1, 0.15) is 12.5 Å². The van der Waals surface area contributed by atoms with Crippen molar-refractivity contribution in [1.29, 1.82) is 0 Å². The van der Waals surface area contributed by atoms with Gasteiger partial charge in [0.1, 0.15) is 5.75 Å². The molecule has 2 nitrogen and oxygen atoms in total. The number of benzene rings is 1. The summed E-state index contributed by atoms with van der Waals surface area (Å²) < 4.78 is 42.4. The number of carbonyl (C=O) groups excluding carboxylic acids is 1. The third kappa shape index (κ3) is 3.37. The van der Waals surface area contributed by atoms with E-state index >= 15 is 0 Å². The van der Waals surface area contributed by atoms with Gasteiger partial charge in [-0.05, 0) is 40.8 Å². The number of ether oxygens (including phenoxy) is 1. The lowest BCUT2D eigenvalue weighted by atomic mass is 10.2. The lowest BCUT2D eigenvalue weighted by Crippen LogP contribution is -2.11. The lowest BCUT2D eigenvalue weighted by Gasteiger charge is -2.11. The van der Waals surface area contributed by atoms with Gasteiger partial charge in [-0.1, -0.05) is 0 Å². The van der Waals surface area contributed by atoms with Gasteiger partial charge in [0.05, 0.1) is 5.56 Å². The Balaban J connectivity index is 3.20. The van der Waals surface area contributed by atoms with E-state index in [1.807, 2.05) is 22.6 Å². The zero-order valence-corrected chi connectivity index (χ0v) is 9.72. The van der Waals surface area contributed by atoms with E-state index in [0.717, 1.165) is 13.0 Å². The molecule has 15 heavy (non-hydrogen) atoms. The standard InChI is InChI=1S/C9H6F3IO2/c1-5(14)15-8-4-6(13)2-3-7(8)9(10,11)12/h2-4H,1H3. The van der Waals surface area contributed by atoms with Crippen LogP contribution < -0.4 is 4.74 Å². The third-order valence-corrected chi connectivity index (χ3v) is 2.17. The maximum Gasteiger partial charge on any atom is 0.419 e. The Hall–Kier alpha value is -0.790. The largest absolute Gasteiger partial charge is 0.426 e. The summed E-state index contributed by atoms with van der Waals surface area (Å²) in [5, 5.41) is 0. The molecule has 0 radical (unpaired) electrons. The molecule has 0 fully saturated rings. The second kappa shape index (κ2) is 4.38. The number of hydrogen-bond acceptors (Lipinski definition) is 2. The molecular weight excluding hydrogens is 324 g/mol.